The molecule has 0 amide bonds. The number of nitrogens with one attached hydrogen (secondary N) is 1. The van der Waals surface area contributed by atoms with E-state index in [-0.39, 0.29) is 0 Å². The van der Waals surface area contributed by atoms with Gasteiger partial charge in [0.25, 0.3) is 0 Å². The highest BCUT2D eigenvalue weighted by Crippen LogP contribution is 2.27. The smallest absolute Gasteiger partial charge is 0.0934 e. The first kappa shape index (κ1) is 12.2. The summed E-state index contributed by atoms with van der Waals surface area (Å²) in [5.74, 6) is 0. The van der Waals surface area contributed by atoms with Gasteiger partial charge in [-0.15, -0.1) is 0 Å². The molecule has 3 heteroatoms. The van der Waals surface area contributed by atoms with Crippen molar-refractivity contribution in [1.82, 2.24) is 4.98 Å². The van der Waals surface area contributed by atoms with Crippen LogP contribution >= 0.6 is 11.6 Å². The Morgan fingerprint density at radius 3 is 3.00 bits per heavy atom. The van der Waals surface area contributed by atoms with Gasteiger partial charge in [-0.2, -0.15) is 0 Å². The van der Waals surface area contributed by atoms with E-state index < -0.39 is 0 Å². The van der Waals surface area contributed by atoms with E-state index in [1.807, 2.05) is 30.5 Å². The minimum atomic E-state index is 0.434. The van der Waals surface area contributed by atoms with Crippen molar-refractivity contribution in [2.24, 2.45) is 0 Å². The highest BCUT2D eigenvalue weighted by Gasteiger charge is 2.07. The maximum Gasteiger partial charge on any atom is 0.0934 e. The highest BCUT2D eigenvalue weighted by atomic mass is 35.5. The average molecular weight is 249 g/mol. The molecule has 1 aromatic carbocycles. The molecule has 0 fully saturated rings. The summed E-state index contributed by atoms with van der Waals surface area (Å²) in [6.07, 6.45) is 4.12. The summed E-state index contributed by atoms with van der Waals surface area (Å²) in [6.45, 7) is 4.37. The lowest BCUT2D eigenvalue weighted by atomic mass is 10.1. The van der Waals surface area contributed by atoms with E-state index in [1.54, 1.807) is 0 Å². The topological polar surface area (TPSA) is 24.9 Å². The van der Waals surface area contributed by atoms with Gasteiger partial charge in [0.15, 0.2) is 0 Å². The Morgan fingerprint density at radius 2 is 2.24 bits per heavy atom. The number of aromatic nitrogens is 1. The van der Waals surface area contributed by atoms with Crippen molar-refractivity contribution in [3.63, 3.8) is 0 Å². The fourth-order valence-corrected chi connectivity index (χ4v) is 2.26. The summed E-state index contributed by atoms with van der Waals surface area (Å²) in [6, 6.07) is 8.29. The molecule has 0 bridgehead atoms. The second kappa shape index (κ2) is 5.37. The van der Waals surface area contributed by atoms with Crippen molar-refractivity contribution in [2.45, 2.75) is 32.7 Å². The molecule has 90 valence electrons. The van der Waals surface area contributed by atoms with E-state index in [9.17, 15) is 0 Å². The summed E-state index contributed by atoms with van der Waals surface area (Å²) in [5, 5.41) is 5.30. The molecule has 1 heterocycles. The van der Waals surface area contributed by atoms with Crippen LogP contribution in [0.4, 0.5) is 5.69 Å². The van der Waals surface area contributed by atoms with Gasteiger partial charge < -0.3 is 5.32 Å². The van der Waals surface area contributed by atoms with Crippen LogP contribution in [0.15, 0.2) is 30.5 Å². The summed E-state index contributed by atoms with van der Waals surface area (Å²) < 4.78 is 0. The molecule has 1 atom stereocenters. The lowest BCUT2D eigenvalue weighted by molar-refractivity contribution is 0.691. The maximum atomic E-state index is 6.12. The second-order valence-electron chi connectivity index (χ2n) is 4.36. The third kappa shape index (κ3) is 2.89. The highest BCUT2D eigenvalue weighted by molar-refractivity contribution is 6.31. The molecule has 0 radical (unpaired) electrons. The van der Waals surface area contributed by atoms with Crippen molar-refractivity contribution in [2.75, 3.05) is 5.32 Å². The van der Waals surface area contributed by atoms with Crippen molar-refractivity contribution < 1.29 is 0 Å². The zero-order chi connectivity index (χ0) is 12.3. The SMILES string of the molecule is CCCC(C)Nc1cc(Cl)cc2cccnc12. The van der Waals surface area contributed by atoms with Crippen LogP contribution in [0.3, 0.4) is 0 Å². The van der Waals surface area contributed by atoms with Gasteiger partial charge >= 0.3 is 0 Å². The first-order valence-corrected chi connectivity index (χ1v) is 6.39. The standard InChI is InChI=1S/C14H17ClN2/c1-3-5-10(2)17-13-9-12(15)8-11-6-4-7-16-14(11)13/h4,6-10,17H,3,5H2,1-2H3. The first-order chi connectivity index (χ1) is 8.20. The number of halogens is 1. The summed E-state index contributed by atoms with van der Waals surface area (Å²) in [7, 11) is 0. The zero-order valence-electron chi connectivity index (χ0n) is 10.2. The Bertz CT molecular complexity index is 511. The Hall–Kier alpha value is -1.28. The predicted molar refractivity (Wildman–Crippen MR) is 74.7 cm³/mol. The summed E-state index contributed by atoms with van der Waals surface area (Å²) in [4.78, 5) is 4.41. The number of anilines is 1. The molecule has 0 aliphatic carbocycles. The number of rotatable bonds is 4. The molecule has 0 saturated carbocycles. The molecule has 17 heavy (non-hydrogen) atoms. The fraction of sp³-hybridized carbons (Fsp3) is 0.357. The van der Waals surface area contributed by atoms with Crippen LogP contribution < -0.4 is 5.32 Å². The molecule has 1 unspecified atom stereocenters. The van der Waals surface area contributed by atoms with E-state index in [0.29, 0.717) is 6.04 Å². The van der Waals surface area contributed by atoms with E-state index in [4.69, 9.17) is 11.6 Å². The largest absolute Gasteiger partial charge is 0.381 e. The van der Waals surface area contributed by atoms with Crippen LogP contribution in [0.5, 0.6) is 0 Å². The van der Waals surface area contributed by atoms with E-state index in [2.05, 4.69) is 24.1 Å². The van der Waals surface area contributed by atoms with Gasteiger partial charge in [-0.25, -0.2) is 0 Å². The van der Waals surface area contributed by atoms with E-state index >= 15 is 0 Å². The summed E-state index contributed by atoms with van der Waals surface area (Å²) in [5.41, 5.74) is 2.01. The van der Waals surface area contributed by atoms with Gasteiger partial charge in [-0.3, -0.25) is 4.98 Å². The van der Waals surface area contributed by atoms with E-state index in [1.165, 1.54) is 6.42 Å². The number of hydrogen-bond acceptors (Lipinski definition) is 2. The molecule has 0 spiro atoms. The maximum absolute atomic E-state index is 6.12. The normalized spacial score (nSPS) is 12.6. The number of nitrogens with zero attached hydrogens (tertiary/aromatic N) is 1. The number of fused-ring (bicyclic) bond motifs is 1. The van der Waals surface area contributed by atoms with Crippen LogP contribution in [-0.2, 0) is 0 Å². The third-order valence-corrected chi connectivity index (χ3v) is 3.01. The van der Waals surface area contributed by atoms with Crippen molar-refractivity contribution >= 4 is 28.2 Å². The van der Waals surface area contributed by atoms with E-state index in [0.717, 1.165) is 28.0 Å². The Morgan fingerprint density at radius 1 is 1.41 bits per heavy atom. The third-order valence-electron chi connectivity index (χ3n) is 2.79. The molecule has 2 aromatic rings. The van der Waals surface area contributed by atoms with Gasteiger partial charge in [-0.05, 0) is 31.5 Å². The van der Waals surface area contributed by atoms with Gasteiger partial charge in [0.1, 0.15) is 0 Å². The summed E-state index contributed by atoms with van der Waals surface area (Å²) >= 11 is 6.12. The molecule has 0 aliphatic rings. The number of benzene rings is 1. The molecule has 1 N–H and O–H groups in total. The molecule has 0 saturated heterocycles. The monoisotopic (exact) mass is 248 g/mol. The predicted octanol–water partition coefficient (Wildman–Crippen LogP) is 4.49. The number of pyridine rings is 1. The van der Waals surface area contributed by atoms with Gasteiger partial charge in [0.2, 0.25) is 0 Å². The zero-order valence-corrected chi connectivity index (χ0v) is 11.0. The van der Waals surface area contributed by atoms with Crippen molar-refractivity contribution in [3.05, 3.63) is 35.5 Å². The molecular formula is C14H17ClN2. The van der Waals surface area contributed by atoms with Crippen LogP contribution in [-0.4, -0.2) is 11.0 Å². The first-order valence-electron chi connectivity index (χ1n) is 6.01. The van der Waals surface area contributed by atoms with Crippen molar-refractivity contribution in [1.29, 1.82) is 0 Å². The minimum absolute atomic E-state index is 0.434. The van der Waals surface area contributed by atoms with Crippen molar-refractivity contribution in [3.8, 4) is 0 Å². The minimum Gasteiger partial charge on any atom is -0.381 e. The molecule has 2 rings (SSSR count). The number of hydrogen-bond donors (Lipinski definition) is 1. The van der Waals surface area contributed by atoms with Gasteiger partial charge in [0.05, 0.1) is 11.2 Å². The average Bonchev–Trinajstić information content (AvgIpc) is 2.29. The van der Waals surface area contributed by atoms with Crippen LogP contribution in [0.1, 0.15) is 26.7 Å². The molecular weight excluding hydrogens is 232 g/mol. The molecule has 2 nitrogen and oxygen atoms in total. The lowest BCUT2D eigenvalue weighted by Crippen LogP contribution is -2.14. The second-order valence-corrected chi connectivity index (χ2v) is 4.80. The Labute approximate surface area is 107 Å². The lowest BCUT2D eigenvalue weighted by Gasteiger charge is -2.16. The quantitative estimate of drug-likeness (QED) is 0.862. The fourth-order valence-electron chi connectivity index (χ4n) is 2.04. The van der Waals surface area contributed by atoms with Crippen LogP contribution in [0, 0.1) is 0 Å². The molecule has 0 aliphatic heterocycles. The van der Waals surface area contributed by atoms with Gasteiger partial charge in [-0.1, -0.05) is 31.0 Å². The van der Waals surface area contributed by atoms with Crippen LogP contribution in [0.2, 0.25) is 5.02 Å². The van der Waals surface area contributed by atoms with Gasteiger partial charge in [0, 0.05) is 22.6 Å². The Kier molecular flexibility index (Phi) is 3.85. The molecule has 1 aromatic heterocycles. The Balaban J connectivity index is 2.38. The van der Waals surface area contributed by atoms with Crippen LogP contribution in [0.25, 0.3) is 10.9 Å².